The summed E-state index contributed by atoms with van der Waals surface area (Å²) >= 11 is 0. The zero-order valence-electron chi connectivity index (χ0n) is 19.5. The lowest BCUT2D eigenvalue weighted by Gasteiger charge is -2.47. The molecular weight excluding hydrogens is 480 g/mol. The third kappa shape index (κ3) is 5.17. The summed E-state index contributed by atoms with van der Waals surface area (Å²) in [7, 11) is -6.94. The lowest BCUT2D eigenvalue weighted by molar-refractivity contribution is -0.119. The van der Waals surface area contributed by atoms with Crippen LogP contribution in [0.3, 0.4) is 0 Å². The van der Waals surface area contributed by atoms with Crippen molar-refractivity contribution >= 4 is 31.6 Å². The molecule has 0 radical (unpaired) electrons. The van der Waals surface area contributed by atoms with E-state index in [1.54, 1.807) is 12.1 Å². The third-order valence-corrected chi connectivity index (χ3v) is 10.5. The Kier molecular flexibility index (Phi) is 7.37. The molecule has 1 aromatic rings. The van der Waals surface area contributed by atoms with Gasteiger partial charge in [0.25, 0.3) is 0 Å². The predicted octanol–water partition coefficient (Wildman–Crippen LogP) is 0.661. The Labute approximate surface area is 202 Å². The number of carbonyl (C=O) groups excluding carboxylic acids is 1. The van der Waals surface area contributed by atoms with E-state index in [1.165, 1.54) is 27.0 Å². The predicted molar refractivity (Wildman–Crippen MR) is 128 cm³/mol. The van der Waals surface area contributed by atoms with Crippen molar-refractivity contribution in [1.82, 2.24) is 13.5 Å². The highest BCUT2D eigenvalue weighted by Crippen LogP contribution is 2.40. The van der Waals surface area contributed by atoms with Gasteiger partial charge in [-0.3, -0.25) is 9.69 Å². The minimum Gasteiger partial charge on any atom is -0.390 e. The first kappa shape index (κ1) is 25.5. The van der Waals surface area contributed by atoms with Crippen molar-refractivity contribution in [3.63, 3.8) is 0 Å². The van der Waals surface area contributed by atoms with E-state index >= 15 is 0 Å². The molecule has 0 unspecified atom stereocenters. The zero-order valence-corrected chi connectivity index (χ0v) is 21.2. The van der Waals surface area contributed by atoms with Crippen molar-refractivity contribution < 1.29 is 26.7 Å². The maximum Gasteiger partial charge on any atom is 0.243 e. The number of aliphatic hydroxyl groups excluding tert-OH is 1. The van der Waals surface area contributed by atoms with Crippen LogP contribution in [0.4, 0.5) is 5.69 Å². The summed E-state index contributed by atoms with van der Waals surface area (Å²) in [6.45, 7) is 2.26. The lowest BCUT2D eigenvalue weighted by atomic mass is 9.83. The Morgan fingerprint density at radius 1 is 1.00 bits per heavy atom. The zero-order chi connectivity index (χ0) is 24.6. The molecule has 3 heterocycles. The molecule has 3 fully saturated rings. The van der Waals surface area contributed by atoms with Gasteiger partial charge in [0.05, 0.1) is 29.3 Å². The molecule has 1 aromatic carbocycles. The van der Waals surface area contributed by atoms with Crippen LogP contribution in [-0.2, 0) is 24.8 Å². The number of anilines is 1. The normalized spacial score (nSPS) is 27.8. The molecule has 2 atom stereocenters. The number of nitrogens with one attached hydrogen (secondary N) is 1. The Morgan fingerprint density at radius 2 is 1.68 bits per heavy atom. The van der Waals surface area contributed by atoms with Crippen LogP contribution < -0.4 is 5.32 Å². The minimum absolute atomic E-state index is 0.0554. The van der Waals surface area contributed by atoms with E-state index in [0.717, 1.165) is 19.3 Å². The maximum absolute atomic E-state index is 12.8. The van der Waals surface area contributed by atoms with Crippen molar-refractivity contribution in [2.75, 3.05) is 50.8 Å². The molecular formula is C22H34N4O6S2. The topological polar surface area (TPSA) is 127 Å². The second-order valence-electron chi connectivity index (χ2n) is 9.58. The summed E-state index contributed by atoms with van der Waals surface area (Å²) in [4.78, 5) is 14.6. The molecule has 3 aliphatic heterocycles. The molecule has 1 spiro atoms. The largest absolute Gasteiger partial charge is 0.390 e. The number of hydrogen-bond donors (Lipinski definition) is 2. The highest BCUT2D eigenvalue weighted by molar-refractivity contribution is 7.89. The Hall–Kier alpha value is -1.57. The van der Waals surface area contributed by atoms with Crippen LogP contribution in [0, 0.1) is 0 Å². The van der Waals surface area contributed by atoms with E-state index in [9.17, 15) is 26.7 Å². The van der Waals surface area contributed by atoms with Gasteiger partial charge in [-0.1, -0.05) is 6.42 Å². The highest BCUT2D eigenvalue weighted by Gasteiger charge is 2.52. The molecule has 34 heavy (non-hydrogen) atoms. The molecule has 190 valence electrons. The van der Waals surface area contributed by atoms with Crippen molar-refractivity contribution in [3.8, 4) is 0 Å². The van der Waals surface area contributed by atoms with E-state index in [1.807, 2.05) is 4.90 Å². The van der Waals surface area contributed by atoms with Crippen molar-refractivity contribution in [2.24, 2.45) is 0 Å². The fourth-order valence-electron chi connectivity index (χ4n) is 5.49. The smallest absolute Gasteiger partial charge is 0.243 e. The van der Waals surface area contributed by atoms with Gasteiger partial charge in [0, 0.05) is 38.4 Å². The van der Waals surface area contributed by atoms with E-state index in [0.29, 0.717) is 51.1 Å². The molecule has 0 aliphatic carbocycles. The number of piperidine rings is 2. The van der Waals surface area contributed by atoms with E-state index in [-0.39, 0.29) is 23.9 Å². The van der Waals surface area contributed by atoms with Gasteiger partial charge in [-0.2, -0.15) is 8.61 Å². The van der Waals surface area contributed by atoms with Gasteiger partial charge in [-0.15, -0.1) is 0 Å². The summed E-state index contributed by atoms with van der Waals surface area (Å²) in [5.41, 5.74) is -0.286. The van der Waals surface area contributed by atoms with Crippen LogP contribution in [0.15, 0.2) is 29.2 Å². The fraction of sp³-hybridized carbons (Fsp3) is 0.682. The summed E-state index contributed by atoms with van der Waals surface area (Å²) in [5, 5.41) is 13.6. The third-order valence-electron chi connectivity index (χ3n) is 7.24. The van der Waals surface area contributed by atoms with Crippen LogP contribution in [0.5, 0.6) is 0 Å². The van der Waals surface area contributed by atoms with Crippen LogP contribution in [0.25, 0.3) is 0 Å². The van der Waals surface area contributed by atoms with Crippen LogP contribution in [-0.4, -0.2) is 98.5 Å². The maximum atomic E-state index is 12.8. The number of benzene rings is 1. The summed E-state index contributed by atoms with van der Waals surface area (Å²) in [5.74, 6) is -0.277. The van der Waals surface area contributed by atoms with Gasteiger partial charge in [0.15, 0.2) is 0 Å². The van der Waals surface area contributed by atoms with Crippen molar-refractivity contribution in [3.05, 3.63) is 24.3 Å². The number of hydrogen-bond acceptors (Lipinski definition) is 7. The highest BCUT2D eigenvalue weighted by atomic mass is 32.2. The van der Waals surface area contributed by atoms with Crippen LogP contribution in [0.1, 0.15) is 38.5 Å². The monoisotopic (exact) mass is 514 g/mol. The molecule has 4 rings (SSSR count). The molecule has 0 bridgehead atoms. The average Bonchev–Trinajstić information content (AvgIpc) is 3.23. The van der Waals surface area contributed by atoms with Crippen molar-refractivity contribution in [2.45, 2.75) is 55.1 Å². The van der Waals surface area contributed by atoms with Gasteiger partial charge >= 0.3 is 0 Å². The second kappa shape index (κ2) is 9.82. The molecule has 0 aromatic heterocycles. The molecule has 3 aliphatic rings. The standard InChI is InChI=1S/C22H34N4O6S2/c1-33(29,30)26-14-5-10-22(26)11-15-24(16-20(22)27)17-21(28)23-18-6-8-19(9-7-18)34(31,32)25-12-3-2-4-13-25/h6-9,20,27H,2-5,10-17H2,1H3,(H,23,28)/t20-,22-/m0/s1. The first-order valence-corrected chi connectivity index (χ1v) is 15.1. The summed E-state index contributed by atoms with van der Waals surface area (Å²) in [6, 6.07) is 6.18. The number of amides is 1. The van der Waals surface area contributed by atoms with Gasteiger partial charge < -0.3 is 10.4 Å². The van der Waals surface area contributed by atoms with Crippen LogP contribution >= 0.6 is 0 Å². The number of nitrogens with zero attached hydrogens (tertiary/aromatic N) is 3. The van der Waals surface area contributed by atoms with E-state index < -0.39 is 31.7 Å². The number of aliphatic hydroxyl groups is 1. The van der Waals surface area contributed by atoms with E-state index in [4.69, 9.17) is 0 Å². The van der Waals surface area contributed by atoms with E-state index in [2.05, 4.69) is 5.32 Å². The minimum atomic E-state index is -3.52. The van der Waals surface area contributed by atoms with Crippen LogP contribution in [0.2, 0.25) is 0 Å². The quantitative estimate of drug-likeness (QED) is 0.571. The van der Waals surface area contributed by atoms with Crippen molar-refractivity contribution in [1.29, 1.82) is 0 Å². The summed E-state index contributed by atoms with van der Waals surface area (Å²) < 4.78 is 52.9. The molecule has 3 saturated heterocycles. The van der Waals surface area contributed by atoms with Gasteiger partial charge in [-0.25, -0.2) is 16.8 Å². The Bertz CT molecular complexity index is 1100. The molecule has 2 N–H and O–H groups in total. The fourth-order valence-corrected chi connectivity index (χ4v) is 8.43. The second-order valence-corrected chi connectivity index (χ2v) is 13.4. The van der Waals surface area contributed by atoms with Gasteiger partial charge in [0.1, 0.15) is 0 Å². The number of rotatable bonds is 6. The van der Waals surface area contributed by atoms with Gasteiger partial charge in [0.2, 0.25) is 26.0 Å². The Morgan fingerprint density at radius 3 is 2.29 bits per heavy atom. The van der Waals surface area contributed by atoms with Gasteiger partial charge in [-0.05, 0) is 56.4 Å². The summed E-state index contributed by atoms with van der Waals surface area (Å²) in [6.07, 6.45) is 4.89. The number of likely N-dealkylation sites (tertiary alicyclic amines) is 1. The Balaban J connectivity index is 1.33. The molecule has 12 heteroatoms. The average molecular weight is 515 g/mol. The number of sulfonamides is 2. The molecule has 0 saturated carbocycles. The molecule has 1 amide bonds. The number of carbonyl (C=O) groups is 1. The molecule has 10 nitrogen and oxygen atoms in total. The number of β-amino-alcohol motifs (C(OH)–C–C–N with tert-alkyl or cyclic N) is 1. The first-order valence-electron chi connectivity index (χ1n) is 11.8. The SMILES string of the molecule is CS(=O)(=O)N1CCC[C@@]12CCN(CC(=O)Nc1ccc(S(=O)(=O)N3CCCCC3)cc1)C[C@@H]2O. The first-order chi connectivity index (χ1) is 16.0. The lowest BCUT2D eigenvalue weighted by Crippen LogP contribution is -2.63.